The van der Waals surface area contributed by atoms with Crippen LogP contribution in [0.3, 0.4) is 0 Å². The summed E-state index contributed by atoms with van der Waals surface area (Å²) in [6, 6.07) is 12.3. The summed E-state index contributed by atoms with van der Waals surface area (Å²) in [7, 11) is -4.15. The van der Waals surface area contributed by atoms with Crippen molar-refractivity contribution in [2.24, 2.45) is 0 Å². The highest BCUT2D eigenvalue weighted by Gasteiger charge is 2.39. The van der Waals surface area contributed by atoms with Crippen molar-refractivity contribution in [1.29, 1.82) is 0 Å². The second-order valence-corrected chi connectivity index (χ2v) is 10.6. The highest BCUT2D eigenvalue weighted by molar-refractivity contribution is 7.89. The predicted molar refractivity (Wildman–Crippen MR) is 126 cm³/mol. The summed E-state index contributed by atoms with van der Waals surface area (Å²) < 4.78 is 27.6. The molecule has 2 atom stereocenters. The quantitative estimate of drug-likeness (QED) is 0.659. The fourth-order valence-corrected chi connectivity index (χ4v) is 6.07. The van der Waals surface area contributed by atoms with Crippen LogP contribution in [0.5, 0.6) is 0 Å². The first-order valence-electron chi connectivity index (χ1n) is 10.6. The maximum Gasteiger partial charge on any atom is 0.264 e. The molecule has 10 heteroatoms. The third kappa shape index (κ3) is 4.88. The van der Waals surface area contributed by atoms with Crippen LogP contribution in [0.25, 0.3) is 0 Å². The average Bonchev–Trinajstić information content (AvgIpc) is 2.82. The molecule has 1 saturated heterocycles. The normalized spacial score (nSPS) is 21.1. The lowest BCUT2D eigenvalue weighted by atomic mass is 9.94. The summed E-state index contributed by atoms with van der Waals surface area (Å²) >= 11 is 11.9. The molecule has 0 radical (unpaired) electrons. The first-order valence-corrected chi connectivity index (χ1v) is 12.8. The van der Waals surface area contributed by atoms with Gasteiger partial charge in [-0.25, -0.2) is 8.42 Å². The minimum atomic E-state index is -4.15. The van der Waals surface area contributed by atoms with E-state index < -0.39 is 22.0 Å². The number of amides is 2. The second kappa shape index (κ2) is 9.75. The smallest absolute Gasteiger partial charge is 0.264 e. The van der Waals surface area contributed by atoms with Crippen LogP contribution in [-0.2, 0) is 19.6 Å². The van der Waals surface area contributed by atoms with Crippen LogP contribution in [0, 0.1) is 0 Å². The zero-order valence-corrected chi connectivity index (χ0v) is 20.0. The van der Waals surface area contributed by atoms with Gasteiger partial charge in [0.05, 0.1) is 27.4 Å². The van der Waals surface area contributed by atoms with Crippen molar-refractivity contribution in [2.45, 2.75) is 42.7 Å². The molecule has 174 valence electrons. The van der Waals surface area contributed by atoms with Crippen LogP contribution < -0.4 is 5.32 Å². The molecule has 2 heterocycles. The summed E-state index contributed by atoms with van der Waals surface area (Å²) in [5.41, 5.74) is 1.03. The Bertz CT molecular complexity index is 1190. The van der Waals surface area contributed by atoms with Gasteiger partial charge in [0, 0.05) is 18.9 Å². The van der Waals surface area contributed by atoms with Gasteiger partial charge in [-0.1, -0.05) is 53.5 Å². The van der Waals surface area contributed by atoms with Crippen molar-refractivity contribution < 1.29 is 18.0 Å². The van der Waals surface area contributed by atoms with Gasteiger partial charge in [0.2, 0.25) is 11.8 Å². The molecule has 1 fully saturated rings. The molecule has 0 aromatic heterocycles. The zero-order valence-electron chi connectivity index (χ0n) is 17.7. The van der Waals surface area contributed by atoms with E-state index in [-0.39, 0.29) is 33.3 Å². The maximum absolute atomic E-state index is 13.4. The number of rotatable bonds is 5. The lowest BCUT2D eigenvalue weighted by Gasteiger charge is -2.38. The van der Waals surface area contributed by atoms with Gasteiger partial charge in [-0.05, 0) is 43.0 Å². The Morgan fingerprint density at radius 1 is 1.06 bits per heavy atom. The van der Waals surface area contributed by atoms with Crippen LogP contribution in [0.15, 0.2) is 65.8 Å². The summed E-state index contributed by atoms with van der Waals surface area (Å²) in [6.07, 6.45) is 4.89. The topological polar surface area (TPSA) is 86.8 Å². The molecule has 2 aliphatic rings. The van der Waals surface area contributed by atoms with Gasteiger partial charge in [0.15, 0.2) is 0 Å². The number of hydrogen-bond donors (Lipinski definition) is 1. The molecule has 4 rings (SSSR count). The van der Waals surface area contributed by atoms with Crippen LogP contribution in [0.2, 0.25) is 10.0 Å². The van der Waals surface area contributed by atoms with E-state index >= 15 is 0 Å². The van der Waals surface area contributed by atoms with Crippen LogP contribution >= 0.6 is 23.2 Å². The number of likely N-dealkylation sites (tertiary alicyclic amines) is 1. The SMILES string of the molecule is O=C1NC=CN(S(=O)(=O)c2ccc(Cl)c(Cl)c2)[C@@H]1CC(=O)N1CCCC[C@H]1c1ccccc1. The monoisotopic (exact) mass is 507 g/mol. The average molecular weight is 508 g/mol. The minimum absolute atomic E-state index is 0.0785. The number of carbonyl (C=O) groups excluding carboxylic acids is 2. The molecule has 2 aliphatic heterocycles. The predicted octanol–water partition coefficient (Wildman–Crippen LogP) is 4.10. The number of nitrogens with zero attached hydrogens (tertiary/aromatic N) is 2. The molecule has 0 saturated carbocycles. The van der Waals surface area contributed by atoms with E-state index in [1.165, 1.54) is 30.6 Å². The second-order valence-electron chi connectivity index (χ2n) is 7.96. The fraction of sp³-hybridized carbons (Fsp3) is 0.304. The number of nitrogens with one attached hydrogen (secondary N) is 1. The Morgan fingerprint density at radius 2 is 1.82 bits per heavy atom. The Morgan fingerprint density at radius 3 is 2.55 bits per heavy atom. The van der Waals surface area contributed by atoms with Gasteiger partial charge in [-0.15, -0.1) is 0 Å². The molecule has 1 N–H and O–H groups in total. The number of halogens is 2. The Kier molecular flexibility index (Phi) is 6.97. The molecule has 2 aromatic rings. The molecular formula is C23H23Cl2N3O4S. The number of carbonyl (C=O) groups is 2. The van der Waals surface area contributed by atoms with Crippen molar-refractivity contribution in [2.75, 3.05) is 6.54 Å². The number of sulfonamides is 1. The number of hydrogen-bond acceptors (Lipinski definition) is 4. The molecule has 0 spiro atoms. The Labute approximate surface area is 203 Å². The fourth-order valence-electron chi connectivity index (χ4n) is 4.23. The van der Waals surface area contributed by atoms with Gasteiger partial charge < -0.3 is 10.2 Å². The third-order valence-corrected chi connectivity index (χ3v) is 8.42. The van der Waals surface area contributed by atoms with Gasteiger partial charge in [-0.2, -0.15) is 0 Å². The van der Waals surface area contributed by atoms with E-state index in [0.717, 1.165) is 29.1 Å². The highest BCUT2D eigenvalue weighted by Crippen LogP contribution is 2.33. The van der Waals surface area contributed by atoms with Crippen molar-refractivity contribution >= 4 is 45.0 Å². The summed E-state index contributed by atoms with van der Waals surface area (Å²) in [4.78, 5) is 27.7. The van der Waals surface area contributed by atoms with Crippen LogP contribution in [0.4, 0.5) is 0 Å². The molecular weight excluding hydrogens is 485 g/mol. The first kappa shape index (κ1) is 23.6. The van der Waals surface area contributed by atoms with E-state index in [0.29, 0.717) is 6.54 Å². The summed E-state index contributed by atoms with van der Waals surface area (Å²) in [5, 5.41) is 2.81. The largest absolute Gasteiger partial charge is 0.336 e. The maximum atomic E-state index is 13.4. The third-order valence-electron chi connectivity index (χ3n) is 5.90. The number of benzene rings is 2. The minimum Gasteiger partial charge on any atom is -0.336 e. The van der Waals surface area contributed by atoms with Crippen LogP contribution in [0.1, 0.15) is 37.3 Å². The van der Waals surface area contributed by atoms with Crippen LogP contribution in [-0.4, -0.2) is 42.0 Å². The molecule has 33 heavy (non-hydrogen) atoms. The van der Waals surface area contributed by atoms with E-state index in [4.69, 9.17) is 23.2 Å². The van der Waals surface area contributed by atoms with Gasteiger partial charge in [-0.3, -0.25) is 13.9 Å². The molecule has 2 amide bonds. The highest BCUT2D eigenvalue weighted by atomic mass is 35.5. The first-order chi connectivity index (χ1) is 15.8. The van der Waals surface area contributed by atoms with Gasteiger partial charge in [0.1, 0.15) is 6.04 Å². The summed E-state index contributed by atoms with van der Waals surface area (Å²) in [5.74, 6) is -0.837. The molecule has 0 bridgehead atoms. The lowest BCUT2D eigenvalue weighted by Crippen LogP contribution is -2.52. The molecule has 7 nitrogen and oxygen atoms in total. The Hall–Kier alpha value is -2.55. The molecule has 2 aromatic carbocycles. The van der Waals surface area contributed by atoms with Gasteiger partial charge in [0.25, 0.3) is 10.0 Å². The van der Waals surface area contributed by atoms with Crippen molar-refractivity contribution in [3.05, 3.63) is 76.5 Å². The lowest BCUT2D eigenvalue weighted by molar-refractivity contribution is -0.138. The zero-order chi connectivity index (χ0) is 23.6. The van der Waals surface area contributed by atoms with E-state index in [9.17, 15) is 18.0 Å². The van der Waals surface area contributed by atoms with E-state index in [2.05, 4.69) is 5.32 Å². The van der Waals surface area contributed by atoms with E-state index in [1.807, 2.05) is 30.3 Å². The standard InChI is InChI=1S/C23H23Cl2N3O4S/c24-18-10-9-17(14-19(18)25)33(31,32)28-13-11-26-23(30)21(28)15-22(29)27-12-5-4-8-20(27)16-6-2-1-3-7-16/h1-3,6-7,9-11,13-14,20-21H,4-5,8,12,15H2,(H,26,30)/t20-,21+/m0/s1. The molecule has 0 unspecified atom stereocenters. The van der Waals surface area contributed by atoms with Crippen molar-refractivity contribution in [1.82, 2.24) is 14.5 Å². The van der Waals surface area contributed by atoms with Gasteiger partial charge >= 0.3 is 0 Å². The summed E-state index contributed by atoms with van der Waals surface area (Å²) in [6.45, 7) is 0.558. The molecule has 0 aliphatic carbocycles. The number of piperidine rings is 1. The van der Waals surface area contributed by atoms with E-state index in [1.54, 1.807) is 4.90 Å². The Balaban J connectivity index is 1.61. The van der Waals surface area contributed by atoms with Crippen molar-refractivity contribution in [3.8, 4) is 0 Å². The van der Waals surface area contributed by atoms with Crippen molar-refractivity contribution in [3.63, 3.8) is 0 Å².